The molecule has 0 aliphatic carbocycles. The van der Waals surface area contributed by atoms with E-state index in [2.05, 4.69) is 41.3 Å². The number of hydrogen-bond acceptors (Lipinski definition) is 4. The molecule has 20 heavy (non-hydrogen) atoms. The molecule has 1 aromatic carbocycles. The molecule has 2 aromatic rings. The molecule has 0 radical (unpaired) electrons. The molecule has 0 fully saturated rings. The van der Waals surface area contributed by atoms with Gasteiger partial charge in [-0.15, -0.1) is 0 Å². The van der Waals surface area contributed by atoms with Crippen LogP contribution in [0, 0.1) is 6.92 Å². The van der Waals surface area contributed by atoms with E-state index in [1.54, 1.807) is 6.07 Å². The van der Waals surface area contributed by atoms with Crippen LogP contribution in [0.2, 0.25) is 0 Å². The summed E-state index contributed by atoms with van der Waals surface area (Å²) in [7, 11) is 1.83. The second kappa shape index (κ2) is 6.37. The van der Waals surface area contributed by atoms with Crippen LogP contribution in [0.3, 0.4) is 0 Å². The highest BCUT2D eigenvalue weighted by Gasteiger charge is 2.05. The third-order valence-corrected chi connectivity index (χ3v) is 3.35. The van der Waals surface area contributed by atoms with Crippen LogP contribution in [-0.4, -0.2) is 17.0 Å². The number of ether oxygens (including phenoxy) is 1. The number of hydrogen-bond donors (Lipinski definition) is 1. The Morgan fingerprint density at radius 2 is 1.90 bits per heavy atom. The monoisotopic (exact) mass is 271 g/mol. The van der Waals surface area contributed by atoms with Crippen molar-refractivity contribution in [3.63, 3.8) is 0 Å². The van der Waals surface area contributed by atoms with Crippen molar-refractivity contribution in [3.8, 4) is 11.6 Å². The van der Waals surface area contributed by atoms with Crippen LogP contribution in [0.15, 0.2) is 30.3 Å². The first-order valence-corrected chi connectivity index (χ1v) is 6.93. The SMILES string of the molecule is CCC(C)c1ccc(Oc2cc(NC)nc(C)n2)cc1. The number of aryl methyl sites for hydroxylation is 1. The first kappa shape index (κ1) is 14.3. The maximum atomic E-state index is 5.78. The van der Waals surface area contributed by atoms with Gasteiger partial charge in [-0.3, -0.25) is 0 Å². The van der Waals surface area contributed by atoms with Gasteiger partial charge in [-0.25, -0.2) is 4.98 Å². The Balaban J connectivity index is 2.15. The lowest BCUT2D eigenvalue weighted by molar-refractivity contribution is 0.460. The van der Waals surface area contributed by atoms with Crippen LogP contribution in [-0.2, 0) is 0 Å². The fourth-order valence-corrected chi connectivity index (χ4v) is 1.94. The smallest absolute Gasteiger partial charge is 0.224 e. The zero-order valence-electron chi connectivity index (χ0n) is 12.5. The van der Waals surface area contributed by atoms with Crippen LogP contribution in [0.1, 0.15) is 37.6 Å². The van der Waals surface area contributed by atoms with Crippen LogP contribution in [0.5, 0.6) is 11.6 Å². The summed E-state index contributed by atoms with van der Waals surface area (Å²) < 4.78 is 5.78. The van der Waals surface area contributed by atoms with Crippen molar-refractivity contribution in [2.75, 3.05) is 12.4 Å². The number of anilines is 1. The molecule has 4 heteroatoms. The van der Waals surface area contributed by atoms with Crippen molar-refractivity contribution >= 4 is 5.82 Å². The molecular weight excluding hydrogens is 250 g/mol. The molecule has 0 amide bonds. The minimum atomic E-state index is 0.554. The summed E-state index contributed by atoms with van der Waals surface area (Å²) in [4.78, 5) is 8.52. The maximum absolute atomic E-state index is 5.78. The van der Waals surface area contributed by atoms with Gasteiger partial charge in [0.25, 0.3) is 0 Å². The summed E-state index contributed by atoms with van der Waals surface area (Å²) in [5.74, 6) is 3.35. The molecule has 106 valence electrons. The summed E-state index contributed by atoms with van der Waals surface area (Å²) in [5, 5.41) is 2.99. The topological polar surface area (TPSA) is 47.0 Å². The van der Waals surface area contributed by atoms with Crippen molar-refractivity contribution in [2.45, 2.75) is 33.1 Å². The van der Waals surface area contributed by atoms with Crippen molar-refractivity contribution in [2.24, 2.45) is 0 Å². The fraction of sp³-hybridized carbons (Fsp3) is 0.375. The molecule has 0 saturated heterocycles. The lowest BCUT2D eigenvalue weighted by Crippen LogP contribution is -1.98. The average Bonchev–Trinajstić information content (AvgIpc) is 2.46. The lowest BCUT2D eigenvalue weighted by Gasteiger charge is -2.11. The molecule has 2 rings (SSSR count). The largest absolute Gasteiger partial charge is 0.439 e. The summed E-state index contributed by atoms with van der Waals surface area (Å²) in [6.45, 7) is 6.26. The van der Waals surface area contributed by atoms with Gasteiger partial charge in [0.1, 0.15) is 17.4 Å². The molecule has 0 spiro atoms. The average molecular weight is 271 g/mol. The van der Waals surface area contributed by atoms with E-state index in [-0.39, 0.29) is 0 Å². The van der Waals surface area contributed by atoms with Gasteiger partial charge in [-0.2, -0.15) is 4.98 Å². The van der Waals surface area contributed by atoms with E-state index in [9.17, 15) is 0 Å². The Bertz CT molecular complexity index is 566. The van der Waals surface area contributed by atoms with Gasteiger partial charge in [-0.05, 0) is 37.0 Å². The van der Waals surface area contributed by atoms with Gasteiger partial charge in [-0.1, -0.05) is 26.0 Å². The molecule has 1 atom stereocenters. The van der Waals surface area contributed by atoms with Crippen molar-refractivity contribution in [1.29, 1.82) is 0 Å². The molecule has 0 bridgehead atoms. The number of aromatic nitrogens is 2. The molecule has 0 saturated carbocycles. The number of nitrogens with one attached hydrogen (secondary N) is 1. The van der Waals surface area contributed by atoms with E-state index >= 15 is 0 Å². The van der Waals surface area contributed by atoms with E-state index in [1.165, 1.54) is 5.56 Å². The van der Waals surface area contributed by atoms with Crippen LogP contribution < -0.4 is 10.1 Å². The summed E-state index contributed by atoms with van der Waals surface area (Å²) >= 11 is 0. The molecular formula is C16H21N3O. The lowest BCUT2D eigenvalue weighted by atomic mass is 9.99. The van der Waals surface area contributed by atoms with Crippen molar-refractivity contribution in [3.05, 3.63) is 41.7 Å². The molecule has 1 aromatic heterocycles. The van der Waals surface area contributed by atoms with E-state index in [4.69, 9.17) is 4.74 Å². The Morgan fingerprint density at radius 3 is 2.50 bits per heavy atom. The third kappa shape index (κ3) is 3.47. The Hall–Kier alpha value is -2.10. The highest BCUT2D eigenvalue weighted by atomic mass is 16.5. The molecule has 0 aliphatic heterocycles. The minimum Gasteiger partial charge on any atom is -0.439 e. The summed E-state index contributed by atoms with van der Waals surface area (Å²) in [5.41, 5.74) is 1.33. The second-order valence-corrected chi connectivity index (χ2v) is 4.87. The number of nitrogens with zero attached hydrogens (tertiary/aromatic N) is 2. The van der Waals surface area contributed by atoms with Crippen LogP contribution in [0.25, 0.3) is 0 Å². The summed E-state index contributed by atoms with van der Waals surface area (Å²) in [6, 6.07) is 9.97. The van der Waals surface area contributed by atoms with Gasteiger partial charge in [0.2, 0.25) is 5.88 Å². The highest BCUT2D eigenvalue weighted by molar-refractivity contribution is 5.39. The fourth-order valence-electron chi connectivity index (χ4n) is 1.94. The highest BCUT2D eigenvalue weighted by Crippen LogP contribution is 2.25. The summed E-state index contributed by atoms with van der Waals surface area (Å²) in [6.07, 6.45) is 1.14. The van der Waals surface area contributed by atoms with E-state index < -0.39 is 0 Å². The Morgan fingerprint density at radius 1 is 1.20 bits per heavy atom. The predicted molar refractivity (Wildman–Crippen MR) is 81.5 cm³/mol. The maximum Gasteiger partial charge on any atom is 0.224 e. The predicted octanol–water partition coefficient (Wildman–Crippen LogP) is 4.13. The number of benzene rings is 1. The van der Waals surface area contributed by atoms with Crippen molar-refractivity contribution < 1.29 is 4.74 Å². The van der Waals surface area contributed by atoms with Gasteiger partial charge in [0.15, 0.2) is 0 Å². The van der Waals surface area contributed by atoms with E-state index in [0.717, 1.165) is 18.0 Å². The van der Waals surface area contributed by atoms with Crippen molar-refractivity contribution in [1.82, 2.24) is 9.97 Å². The van der Waals surface area contributed by atoms with Gasteiger partial charge < -0.3 is 10.1 Å². The minimum absolute atomic E-state index is 0.554. The third-order valence-electron chi connectivity index (χ3n) is 3.35. The van der Waals surface area contributed by atoms with Gasteiger partial charge >= 0.3 is 0 Å². The van der Waals surface area contributed by atoms with E-state index in [0.29, 0.717) is 17.6 Å². The van der Waals surface area contributed by atoms with Crippen LogP contribution in [0.4, 0.5) is 5.82 Å². The first-order chi connectivity index (χ1) is 9.62. The zero-order valence-corrected chi connectivity index (χ0v) is 12.5. The Kier molecular flexibility index (Phi) is 4.56. The van der Waals surface area contributed by atoms with Crippen LogP contribution >= 0.6 is 0 Å². The normalized spacial score (nSPS) is 12.0. The standard InChI is InChI=1S/C16H21N3O/c1-5-11(2)13-6-8-14(9-7-13)20-16-10-15(17-4)18-12(3)19-16/h6-11H,5H2,1-4H3,(H,17,18,19). The second-order valence-electron chi connectivity index (χ2n) is 4.87. The molecule has 1 unspecified atom stereocenters. The molecule has 1 heterocycles. The molecule has 4 nitrogen and oxygen atoms in total. The van der Waals surface area contributed by atoms with Gasteiger partial charge in [0.05, 0.1) is 0 Å². The van der Waals surface area contributed by atoms with E-state index in [1.807, 2.05) is 26.1 Å². The zero-order chi connectivity index (χ0) is 14.5. The quantitative estimate of drug-likeness (QED) is 0.888. The first-order valence-electron chi connectivity index (χ1n) is 6.93. The Labute approximate surface area is 120 Å². The molecule has 0 aliphatic rings. The number of rotatable bonds is 5. The molecule has 1 N–H and O–H groups in total. The van der Waals surface area contributed by atoms with Gasteiger partial charge in [0, 0.05) is 13.1 Å².